The minimum Gasteiger partial charge on any atom is -0.390 e. The number of likely N-dealkylation sites (N-methyl/N-ethyl adjacent to an activating group) is 1. The zero-order valence-electron chi connectivity index (χ0n) is 17.6. The van der Waals surface area contributed by atoms with Gasteiger partial charge >= 0.3 is 0 Å². The van der Waals surface area contributed by atoms with Gasteiger partial charge in [0, 0.05) is 25.0 Å². The lowest BCUT2D eigenvalue weighted by Gasteiger charge is -2.44. The third-order valence-corrected chi connectivity index (χ3v) is 8.28. The molecule has 5 nitrogen and oxygen atoms in total. The van der Waals surface area contributed by atoms with Crippen LogP contribution in [0.15, 0.2) is 24.3 Å². The molecular weight excluding hydrogens is 372 g/mol. The highest BCUT2D eigenvalue weighted by atomic mass is 32.2. The van der Waals surface area contributed by atoms with Crippen molar-refractivity contribution >= 4 is 9.84 Å². The molecule has 2 fully saturated rings. The molecule has 0 aromatic heterocycles. The number of aliphatic hydroxyl groups is 1. The van der Waals surface area contributed by atoms with E-state index in [9.17, 15) is 13.5 Å². The number of nitrogens with zero attached hydrogens (tertiary/aromatic N) is 2. The van der Waals surface area contributed by atoms with Gasteiger partial charge in [-0.05, 0) is 39.4 Å². The van der Waals surface area contributed by atoms with Crippen LogP contribution in [0.1, 0.15) is 43.2 Å². The van der Waals surface area contributed by atoms with Crippen LogP contribution in [0.2, 0.25) is 0 Å². The van der Waals surface area contributed by atoms with Crippen LogP contribution in [0.5, 0.6) is 0 Å². The van der Waals surface area contributed by atoms with Gasteiger partial charge < -0.3 is 10.0 Å². The standard InChI is InChI=1S/C22H36N2O3S/c1-18-7-9-19(10-8-18)22(11-5-4-6-12-22)17-24(14-13-23(2)3)20-15-28(26,27)16-21(20)25/h7-10,20-21,25H,4-6,11-17H2,1-3H3/t20-,21-/m1/s1. The molecule has 1 aliphatic carbocycles. The Morgan fingerprint density at radius 3 is 2.21 bits per heavy atom. The largest absolute Gasteiger partial charge is 0.390 e. The molecule has 0 spiro atoms. The van der Waals surface area contributed by atoms with Crippen LogP contribution in [0.4, 0.5) is 0 Å². The van der Waals surface area contributed by atoms with Crippen LogP contribution in [0.25, 0.3) is 0 Å². The predicted octanol–water partition coefficient (Wildman–Crippen LogP) is 2.22. The molecule has 158 valence electrons. The van der Waals surface area contributed by atoms with Crippen molar-refractivity contribution in [1.29, 1.82) is 0 Å². The first-order chi connectivity index (χ1) is 13.2. The van der Waals surface area contributed by atoms with Gasteiger partial charge in [0.15, 0.2) is 9.84 Å². The SMILES string of the molecule is Cc1ccc(C2(CN(CCN(C)C)[C@@H]3CS(=O)(=O)C[C@H]3O)CCCCC2)cc1. The van der Waals surface area contributed by atoms with E-state index in [0.717, 1.165) is 32.5 Å². The van der Waals surface area contributed by atoms with Gasteiger partial charge in [0.25, 0.3) is 0 Å². The van der Waals surface area contributed by atoms with Crippen molar-refractivity contribution in [3.8, 4) is 0 Å². The van der Waals surface area contributed by atoms with Crippen molar-refractivity contribution in [2.75, 3.05) is 45.2 Å². The van der Waals surface area contributed by atoms with Gasteiger partial charge in [0.05, 0.1) is 23.7 Å². The average molecular weight is 409 g/mol. The topological polar surface area (TPSA) is 60.9 Å². The van der Waals surface area contributed by atoms with Gasteiger partial charge in [-0.25, -0.2) is 8.42 Å². The number of hydrogen-bond acceptors (Lipinski definition) is 5. The molecule has 1 heterocycles. The first-order valence-electron chi connectivity index (χ1n) is 10.6. The zero-order chi connectivity index (χ0) is 20.4. The lowest BCUT2D eigenvalue weighted by atomic mass is 9.68. The van der Waals surface area contributed by atoms with Crippen LogP contribution in [-0.4, -0.2) is 80.7 Å². The van der Waals surface area contributed by atoms with E-state index < -0.39 is 15.9 Å². The fourth-order valence-electron chi connectivity index (χ4n) is 4.91. The summed E-state index contributed by atoms with van der Waals surface area (Å²) in [7, 11) is 0.912. The molecule has 0 unspecified atom stereocenters. The highest BCUT2D eigenvalue weighted by Crippen LogP contribution is 2.41. The monoisotopic (exact) mass is 408 g/mol. The second kappa shape index (κ2) is 8.82. The summed E-state index contributed by atoms with van der Waals surface area (Å²) >= 11 is 0. The predicted molar refractivity (Wildman–Crippen MR) is 115 cm³/mol. The molecule has 2 atom stereocenters. The molecule has 6 heteroatoms. The quantitative estimate of drug-likeness (QED) is 0.750. The van der Waals surface area contributed by atoms with Crippen LogP contribution in [-0.2, 0) is 15.3 Å². The van der Waals surface area contributed by atoms with E-state index >= 15 is 0 Å². The van der Waals surface area contributed by atoms with E-state index in [1.165, 1.54) is 30.4 Å². The third-order valence-electron chi connectivity index (χ3n) is 6.58. The molecule has 1 aliphatic heterocycles. The van der Waals surface area contributed by atoms with Crippen LogP contribution < -0.4 is 0 Å². The van der Waals surface area contributed by atoms with Crippen LogP contribution in [0.3, 0.4) is 0 Å². The van der Waals surface area contributed by atoms with Gasteiger partial charge in [0.2, 0.25) is 0 Å². The van der Waals surface area contributed by atoms with Gasteiger partial charge in [-0.1, -0.05) is 49.1 Å². The van der Waals surface area contributed by atoms with Crippen LogP contribution in [0, 0.1) is 6.92 Å². The first-order valence-corrected chi connectivity index (χ1v) is 12.4. The molecule has 28 heavy (non-hydrogen) atoms. The minimum absolute atomic E-state index is 0.0460. The summed E-state index contributed by atoms with van der Waals surface area (Å²) in [6, 6.07) is 8.59. The van der Waals surface area contributed by atoms with E-state index in [-0.39, 0.29) is 23.0 Å². The lowest BCUT2D eigenvalue weighted by Crippen LogP contribution is -2.52. The van der Waals surface area contributed by atoms with Gasteiger partial charge in [-0.3, -0.25) is 4.90 Å². The molecule has 1 saturated heterocycles. The Labute approximate surface area is 170 Å². The Hall–Kier alpha value is -0.950. The zero-order valence-corrected chi connectivity index (χ0v) is 18.4. The van der Waals surface area contributed by atoms with Crippen molar-refractivity contribution in [1.82, 2.24) is 9.80 Å². The fraction of sp³-hybridized carbons (Fsp3) is 0.727. The highest BCUT2D eigenvalue weighted by molar-refractivity contribution is 7.91. The lowest BCUT2D eigenvalue weighted by molar-refractivity contribution is 0.0541. The van der Waals surface area contributed by atoms with Crippen molar-refractivity contribution in [2.45, 2.75) is 56.6 Å². The summed E-state index contributed by atoms with van der Waals surface area (Å²) in [5, 5.41) is 10.5. The maximum Gasteiger partial charge on any atom is 0.154 e. The average Bonchev–Trinajstić information content (AvgIpc) is 2.92. The molecule has 0 bridgehead atoms. The van der Waals surface area contributed by atoms with Crippen molar-refractivity contribution in [3.63, 3.8) is 0 Å². The van der Waals surface area contributed by atoms with E-state index in [2.05, 4.69) is 41.0 Å². The van der Waals surface area contributed by atoms with E-state index in [1.807, 2.05) is 14.1 Å². The first kappa shape index (κ1) is 21.8. The minimum atomic E-state index is -3.16. The Morgan fingerprint density at radius 2 is 1.68 bits per heavy atom. The number of hydrogen-bond donors (Lipinski definition) is 1. The molecule has 3 rings (SSSR count). The summed E-state index contributed by atoms with van der Waals surface area (Å²) in [5.41, 5.74) is 2.67. The summed E-state index contributed by atoms with van der Waals surface area (Å²) in [5.74, 6) is -0.0285. The van der Waals surface area contributed by atoms with Gasteiger partial charge in [-0.15, -0.1) is 0 Å². The Morgan fingerprint density at radius 1 is 1.04 bits per heavy atom. The maximum absolute atomic E-state index is 12.2. The summed E-state index contributed by atoms with van der Waals surface area (Å²) < 4.78 is 24.4. The second-order valence-electron chi connectivity index (χ2n) is 9.19. The van der Waals surface area contributed by atoms with Crippen LogP contribution >= 0.6 is 0 Å². The smallest absolute Gasteiger partial charge is 0.154 e. The molecule has 0 radical (unpaired) electrons. The van der Waals surface area contributed by atoms with E-state index in [4.69, 9.17) is 0 Å². The summed E-state index contributed by atoms with van der Waals surface area (Å²) in [4.78, 5) is 4.41. The number of rotatable bonds is 7. The van der Waals surface area contributed by atoms with E-state index in [0.29, 0.717) is 0 Å². The fourth-order valence-corrected chi connectivity index (χ4v) is 6.74. The summed E-state index contributed by atoms with van der Waals surface area (Å²) in [6.07, 6.45) is 5.16. The molecular formula is C22H36N2O3S. The number of benzene rings is 1. The van der Waals surface area contributed by atoms with Gasteiger partial charge in [0.1, 0.15) is 0 Å². The Bertz CT molecular complexity index is 740. The van der Waals surface area contributed by atoms with E-state index in [1.54, 1.807) is 0 Å². The Kier molecular flexibility index (Phi) is 6.85. The molecule has 2 aliphatic rings. The van der Waals surface area contributed by atoms with Gasteiger partial charge in [-0.2, -0.15) is 0 Å². The highest BCUT2D eigenvalue weighted by Gasteiger charge is 2.43. The molecule has 1 saturated carbocycles. The molecule has 1 N–H and O–H groups in total. The molecule has 0 amide bonds. The normalized spacial score (nSPS) is 26.8. The molecule has 1 aromatic rings. The third kappa shape index (κ3) is 5.15. The Balaban J connectivity index is 1.90. The van der Waals surface area contributed by atoms with Crippen molar-refractivity contribution in [3.05, 3.63) is 35.4 Å². The second-order valence-corrected chi connectivity index (χ2v) is 11.3. The number of aryl methyl sites for hydroxylation is 1. The summed E-state index contributed by atoms with van der Waals surface area (Å²) in [6.45, 7) is 4.56. The number of aliphatic hydroxyl groups excluding tert-OH is 1. The number of sulfone groups is 1. The molecule has 1 aromatic carbocycles. The maximum atomic E-state index is 12.2. The van der Waals surface area contributed by atoms with Crippen molar-refractivity contribution in [2.24, 2.45) is 0 Å². The van der Waals surface area contributed by atoms with Crippen molar-refractivity contribution < 1.29 is 13.5 Å².